The van der Waals surface area contributed by atoms with Gasteiger partial charge < -0.3 is 15.0 Å². The average Bonchev–Trinajstić information content (AvgIpc) is 3.18. The van der Waals surface area contributed by atoms with E-state index in [1.165, 1.54) is 37.8 Å². The van der Waals surface area contributed by atoms with Crippen LogP contribution in [0.4, 0.5) is 0 Å². The van der Waals surface area contributed by atoms with Crippen LogP contribution in [-0.2, 0) is 11.3 Å². The SMILES string of the molecule is CN=C(NCC(C)N1CCCCC1C)N1CCC(COCc2ccccc2)C1.I. The highest BCUT2D eigenvalue weighted by atomic mass is 127. The van der Waals surface area contributed by atoms with E-state index in [-0.39, 0.29) is 24.0 Å². The van der Waals surface area contributed by atoms with Gasteiger partial charge in [0.15, 0.2) is 5.96 Å². The highest BCUT2D eigenvalue weighted by Crippen LogP contribution is 2.20. The number of benzene rings is 1. The highest BCUT2D eigenvalue weighted by molar-refractivity contribution is 14.0. The first-order valence-electron chi connectivity index (χ1n) is 11.0. The van der Waals surface area contributed by atoms with Crippen LogP contribution < -0.4 is 5.32 Å². The Bertz CT molecular complexity index is 612. The maximum Gasteiger partial charge on any atom is 0.193 e. The Morgan fingerprint density at radius 3 is 2.72 bits per heavy atom. The largest absolute Gasteiger partial charge is 0.376 e. The molecule has 1 aromatic carbocycles. The molecule has 0 radical (unpaired) electrons. The molecule has 1 N–H and O–H groups in total. The summed E-state index contributed by atoms with van der Waals surface area (Å²) in [6.45, 7) is 10.5. The molecule has 3 rings (SSSR count). The zero-order valence-corrected chi connectivity index (χ0v) is 20.7. The number of halogens is 1. The van der Waals surface area contributed by atoms with Gasteiger partial charge in [0.05, 0.1) is 13.2 Å². The molecule has 164 valence electrons. The van der Waals surface area contributed by atoms with Crippen LogP contribution in [0.1, 0.15) is 45.1 Å². The summed E-state index contributed by atoms with van der Waals surface area (Å²) in [6.07, 6.45) is 5.21. The van der Waals surface area contributed by atoms with E-state index in [9.17, 15) is 0 Å². The summed E-state index contributed by atoms with van der Waals surface area (Å²) < 4.78 is 5.96. The van der Waals surface area contributed by atoms with E-state index in [2.05, 4.69) is 58.2 Å². The van der Waals surface area contributed by atoms with Crippen molar-refractivity contribution in [3.63, 3.8) is 0 Å². The fraction of sp³-hybridized carbons (Fsp3) is 0.696. The topological polar surface area (TPSA) is 40.1 Å². The fourth-order valence-electron chi connectivity index (χ4n) is 4.54. The van der Waals surface area contributed by atoms with Crippen molar-refractivity contribution in [1.82, 2.24) is 15.1 Å². The molecule has 6 heteroatoms. The van der Waals surface area contributed by atoms with Crippen LogP contribution in [0.3, 0.4) is 0 Å². The second kappa shape index (κ2) is 12.7. The van der Waals surface area contributed by atoms with Crippen molar-refractivity contribution in [2.24, 2.45) is 10.9 Å². The van der Waals surface area contributed by atoms with Gasteiger partial charge in [-0.15, -0.1) is 24.0 Å². The lowest BCUT2D eigenvalue weighted by atomic mass is 10.0. The molecule has 3 unspecified atom stereocenters. The summed E-state index contributed by atoms with van der Waals surface area (Å²) >= 11 is 0. The van der Waals surface area contributed by atoms with Gasteiger partial charge >= 0.3 is 0 Å². The molecular weight excluding hydrogens is 475 g/mol. The van der Waals surface area contributed by atoms with Gasteiger partial charge in [-0.25, -0.2) is 0 Å². The van der Waals surface area contributed by atoms with Crippen molar-refractivity contribution >= 4 is 29.9 Å². The smallest absolute Gasteiger partial charge is 0.193 e. The van der Waals surface area contributed by atoms with Gasteiger partial charge in [-0.1, -0.05) is 36.8 Å². The van der Waals surface area contributed by atoms with Gasteiger partial charge in [0.25, 0.3) is 0 Å². The summed E-state index contributed by atoms with van der Waals surface area (Å²) in [7, 11) is 1.90. The van der Waals surface area contributed by atoms with Gasteiger partial charge in [-0.3, -0.25) is 9.89 Å². The third-order valence-corrected chi connectivity index (χ3v) is 6.24. The van der Waals surface area contributed by atoms with Gasteiger partial charge in [-0.2, -0.15) is 0 Å². The summed E-state index contributed by atoms with van der Waals surface area (Å²) in [5.41, 5.74) is 1.25. The minimum Gasteiger partial charge on any atom is -0.376 e. The van der Waals surface area contributed by atoms with E-state index in [0.29, 0.717) is 24.6 Å². The van der Waals surface area contributed by atoms with Crippen LogP contribution >= 0.6 is 24.0 Å². The van der Waals surface area contributed by atoms with E-state index >= 15 is 0 Å². The van der Waals surface area contributed by atoms with Crippen molar-refractivity contribution in [3.05, 3.63) is 35.9 Å². The molecular formula is C23H39IN4O. The maximum atomic E-state index is 5.96. The molecule has 0 aliphatic carbocycles. The molecule has 2 heterocycles. The molecule has 0 bridgehead atoms. The zero-order valence-electron chi connectivity index (χ0n) is 18.3. The van der Waals surface area contributed by atoms with Gasteiger partial charge in [0, 0.05) is 44.7 Å². The number of rotatable bonds is 7. The predicted molar refractivity (Wildman–Crippen MR) is 132 cm³/mol. The number of nitrogens with zero attached hydrogens (tertiary/aromatic N) is 3. The van der Waals surface area contributed by atoms with Crippen molar-refractivity contribution in [3.8, 4) is 0 Å². The Kier molecular flexibility index (Phi) is 10.7. The second-order valence-corrected chi connectivity index (χ2v) is 8.46. The number of nitrogens with one attached hydrogen (secondary N) is 1. The molecule has 2 aliphatic rings. The third kappa shape index (κ3) is 7.40. The number of aliphatic imine (C=N–C) groups is 1. The molecule has 2 fully saturated rings. The first-order valence-corrected chi connectivity index (χ1v) is 11.0. The number of guanidine groups is 1. The number of ether oxygens (including phenoxy) is 1. The summed E-state index contributed by atoms with van der Waals surface area (Å²) in [4.78, 5) is 9.58. The van der Waals surface area contributed by atoms with E-state index in [1.807, 2.05) is 13.1 Å². The van der Waals surface area contributed by atoms with Crippen LogP contribution in [0.5, 0.6) is 0 Å². The number of likely N-dealkylation sites (tertiary alicyclic amines) is 2. The monoisotopic (exact) mass is 514 g/mol. The molecule has 5 nitrogen and oxygen atoms in total. The van der Waals surface area contributed by atoms with Crippen LogP contribution in [0.15, 0.2) is 35.3 Å². The summed E-state index contributed by atoms with van der Waals surface area (Å²) in [5.74, 6) is 1.63. The lowest BCUT2D eigenvalue weighted by Crippen LogP contribution is -2.50. The summed E-state index contributed by atoms with van der Waals surface area (Å²) in [6, 6.07) is 11.7. The minimum atomic E-state index is 0. The Labute approximate surface area is 194 Å². The van der Waals surface area contributed by atoms with E-state index in [1.54, 1.807) is 0 Å². The van der Waals surface area contributed by atoms with Gasteiger partial charge in [0.2, 0.25) is 0 Å². The number of piperidine rings is 1. The predicted octanol–water partition coefficient (Wildman–Crippen LogP) is 3.98. The van der Waals surface area contributed by atoms with Crippen LogP contribution in [0.2, 0.25) is 0 Å². The Morgan fingerprint density at radius 2 is 2.00 bits per heavy atom. The lowest BCUT2D eigenvalue weighted by molar-refractivity contribution is 0.0906. The van der Waals surface area contributed by atoms with E-state index in [4.69, 9.17) is 4.74 Å². The molecule has 2 saturated heterocycles. The Morgan fingerprint density at radius 1 is 1.21 bits per heavy atom. The second-order valence-electron chi connectivity index (χ2n) is 8.46. The van der Waals surface area contributed by atoms with Crippen LogP contribution in [0.25, 0.3) is 0 Å². The molecule has 0 saturated carbocycles. The normalized spacial score (nSPS) is 24.2. The Hall–Kier alpha value is -0.860. The molecule has 0 amide bonds. The molecule has 3 atom stereocenters. The summed E-state index contributed by atoms with van der Waals surface area (Å²) in [5, 5.41) is 3.62. The first-order chi connectivity index (χ1) is 13.7. The molecule has 2 aliphatic heterocycles. The zero-order chi connectivity index (χ0) is 19.8. The van der Waals surface area contributed by atoms with Crippen molar-refractivity contribution in [1.29, 1.82) is 0 Å². The van der Waals surface area contributed by atoms with E-state index < -0.39 is 0 Å². The van der Waals surface area contributed by atoms with Gasteiger partial charge in [0.1, 0.15) is 0 Å². The molecule has 0 aromatic heterocycles. The average molecular weight is 514 g/mol. The minimum absolute atomic E-state index is 0. The third-order valence-electron chi connectivity index (χ3n) is 6.24. The quantitative estimate of drug-likeness (QED) is 0.340. The van der Waals surface area contributed by atoms with Gasteiger partial charge in [-0.05, 0) is 45.2 Å². The highest BCUT2D eigenvalue weighted by Gasteiger charge is 2.27. The standard InChI is InChI=1S/C23H38N4O.HI/c1-19-9-7-8-13-27(19)20(2)15-25-23(24-3)26-14-12-22(16-26)18-28-17-21-10-5-4-6-11-21;/h4-6,10-11,19-20,22H,7-9,12-18H2,1-3H3,(H,24,25);1H. The van der Waals surface area contributed by atoms with Crippen molar-refractivity contribution in [2.45, 2.75) is 58.2 Å². The Balaban J connectivity index is 0.00000300. The molecule has 1 aromatic rings. The lowest BCUT2D eigenvalue weighted by Gasteiger charge is -2.38. The van der Waals surface area contributed by atoms with Crippen molar-refractivity contribution < 1.29 is 4.74 Å². The molecule has 29 heavy (non-hydrogen) atoms. The number of hydrogen-bond donors (Lipinski definition) is 1. The molecule has 0 spiro atoms. The van der Waals surface area contributed by atoms with Crippen LogP contribution in [-0.4, -0.2) is 67.7 Å². The number of hydrogen-bond acceptors (Lipinski definition) is 3. The van der Waals surface area contributed by atoms with E-state index in [0.717, 1.165) is 32.2 Å². The van der Waals surface area contributed by atoms with Crippen molar-refractivity contribution in [2.75, 3.05) is 39.8 Å². The van der Waals surface area contributed by atoms with Crippen LogP contribution in [0, 0.1) is 5.92 Å². The first kappa shape index (κ1) is 24.4. The maximum absolute atomic E-state index is 5.96. The fourth-order valence-corrected chi connectivity index (χ4v) is 4.54.